The molecular weight excluding hydrogens is 168 g/mol. The average molecular weight is 182 g/mol. The van der Waals surface area contributed by atoms with Crippen LogP contribution in [0.5, 0.6) is 0 Å². The highest BCUT2D eigenvalue weighted by atomic mass is 16.5. The van der Waals surface area contributed by atoms with Crippen molar-refractivity contribution >= 4 is 5.95 Å². The van der Waals surface area contributed by atoms with Gasteiger partial charge in [-0.1, -0.05) is 0 Å². The number of anilines is 1. The molecule has 13 heavy (non-hydrogen) atoms. The van der Waals surface area contributed by atoms with Gasteiger partial charge in [0.1, 0.15) is 0 Å². The molecule has 1 aromatic heterocycles. The van der Waals surface area contributed by atoms with E-state index in [9.17, 15) is 0 Å². The van der Waals surface area contributed by atoms with Crippen LogP contribution in [-0.2, 0) is 6.42 Å². The molecule has 1 atom stereocenters. The largest absolute Gasteiger partial charge is 0.365 e. The van der Waals surface area contributed by atoms with Crippen molar-refractivity contribution in [3.8, 4) is 0 Å². The molecule has 0 bridgehead atoms. The van der Waals surface area contributed by atoms with Gasteiger partial charge >= 0.3 is 0 Å². The van der Waals surface area contributed by atoms with Gasteiger partial charge in [0.2, 0.25) is 5.89 Å². The Morgan fingerprint density at radius 2 is 2.54 bits per heavy atom. The molecule has 1 aliphatic rings. The molecule has 0 spiro atoms. The van der Waals surface area contributed by atoms with Crippen molar-refractivity contribution in [3.05, 3.63) is 5.89 Å². The molecular formula is C8H14N4O. The van der Waals surface area contributed by atoms with E-state index in [1.807, 2.05) is 0 Å². The minimum atomic E-state index is 0.235. The number of nitrogens with zero attached hydrogens (tertiary/aromatic N) is 2. The number of aromatic nitrogens is 2. The molecule has 0 radical (unpaired) electrons. The molecule has 5 nitrogen and oxygen atoms in total. The lowest BCUT2D eigenvalue weighted by Gasteiger charge is -2.20. The van der Waals surface area contributed by atoms with Crippen molar-refractivity contribution in [1.29, 1.82) is 0 Å². The molecule has 72 valence electrons. The smallest absolute Gasteiger partial charge is 0.260 e. The van der Waals surface area contributed by atoms with Crippen LogP contribution in [0.2, 0.25) is 0 Å². The fraction of sp³-hybridized carbons (Fsp3) is 0.750. The van der Waals surface area contributed by atoms with Crippen molar-refractivity contribution < 1.29 is 4.52 Å². The quantitative estimate of drug-likeness (QED) is 0.683. The molecule has 5 heteroatoms. The zero-order chi connectivity index (χ0) is 9.10. The zero-order valence-corrected chi connectivity index (χ0v) is 7.49. The SMILES string of the molecule is Nc1noc(CC2CCCNC2)n1. The van der Waals surface area contributed by atoms with Gasteiger partial charge in [-0.25, -0.2) is 0 Å². The first-order valence-electron chi connectivity index (χ1n) is 4.63. The van der Waals surface area contributed by atoms with E-state index in [4.69, 9.17) is 10.3 Å². The standard InChI is InChI=1S/C8H14N4O/c9-8-11-7(13-12-8)4-6-2-1-3-10-5-6/h6,10H,1-5H2,(H2,9,12). The van der Waals surface area contributed by atoms with Gasteiger partial charge in [-0.2, -0.15) is 4.98 Å². The normalized spacial score (nSPS) is 23.2. The molecule has 2 rings (SSSR count). The van der Waals surface area contributed by atoms with Crippen LogP contribution in [-0.4, -0.2) is 23.2 Å². The van der Waals surface area contributed by atoms with Crippen molar-refractivity contribution in [2.24, 2.45) is 5.92 Å². The Balaban J connectivity index is 1.89. The summed E-state index contributed by atoms with van der Waals surface area (Å²) in [4.78, 5) is 3.98. The third-order valence-corrected chi connectivity index (χ3v) is 2.35. The van der Waals surface area contributed by atoms with Gasteiger partial charge in [0, 0.05) is 6.42 Å². The predicted molar refractivity (Wildman–Crippen MR) is 48.0 cm³/mol. The second kappa shape index (κ2) is 3.74. The van der Waals surface area contributed by atoms with E-state index in [1.54, 1.807) is 0 Å². The maximum Gasteiger partial charge on any atom is 0.260 e. The molecule has 0 aromatic carbocycles. The van der Waals surface area contributed by atoms with Crippen molar-refractivity contribution in [2.75, 3.05) is 18.8 Å². The van der Waals surface area contributed by atoms with E-state index in [1.165, 1.54) is 12.8 Å². The average Bonchev–Trinajstić information content (AvgIpc) is 2.53. The minimum Gasteiger partial charge on any atom is -0.365 e. The predicted octanol–water partition coefficient (Wildman–Crippen LogP) is 0.194. The molecule has 1 aliphatic heterocycles. The van der Waals surface area contributed by atoms with E-state index in [2.05, 4.69) is 15.5 Å². The van der Waals surface area contributed by atoms with Crippen LogP contribution in [0.15, 0.2) is 4.52 Å². The van der Waals surface area contributed by atoms with Crippen molar-refractivity contribution in [3.63, 3.8) is 0 Å². The van der Waals surface area contributed by atoms with E-state index >= 15 is 0 Å². The maximum atomic E-state index is 5.35. The number of nitrogens with two attached hydrogens (primary N) is 1. The number of nitrogens with one attached hydrogen (secondary N) is 1. The zero-order valence-electron chi connectivity index (χ0n) is 7.49. The summed E-state index contributed by atoms with van der Waals surface area (Å²) in [7, 11) is 0. The van der Waals surface area contributed by atoms with E-state index in [0.29, 0.717) is 11.8 Å². The molecule has 1 fully saturated rings. The fourth-order valence-corrected chi connectivity index (χ4v) is 1.70. The van der Waals surface area contributed by atoms with Crippen LogP contribution in [0.25, 0.3) is 0 Å². The first-order chi connectivity index (χ1) is 6.34. The van der Waals surface area contributed by atoms with Crippen LogP contribution in [0.4, 0.5) is 5.95 Å². The lowest BCUT2D eigenvalue weighted by molar-refractivity contribution is 0.316. The Labute approximate surface area is 76.7 Å². The highest BCUT2D eigenvalue weighted by Gasteiger charge is 2.16. The number of hydrogen-bond acceptors (Lipinski definition) is 5. The highest BCUT2D eigenvalue weighted by Crippen LogP contribution is 2.15. The third kappa shape index (κ3) is 2.18. The van der Waals surface area contributed by atoms with Gasteiger partial charge in [0.15, 0.2) is 0 Å². The Morgan fingerprint density at radius 1 is 1.62 bits per heavy atom. The van der Waals surface area contributed by atoms with E-state index < -0.39 is 0 Å². The van der Waals surface area contributed by atoms with Crippen LogP contribution in [0.3, 0.4) is 0 Å². The molecule has 1 saturated heterocycles. The summed E-state index contributed by atoms with van der Waals surface area (Å²) in [6.45, 7) is 2.17. The molecule has 1 unspecified atom stereocenters. The van der Waals surface area contributed by atoms with Gasteiger partial charge in [-0.05, 0) is 37.0 Å². The topological polar surface area (TPSA) is 77.0 Å². The molecule has 3 N–H and O–H groups in total. The molecule has 0 saturated carbocycles. The van der Waals surface area contributed by atoms with Crippen LogP contribution in [0, 0.1) is 5.92 Å². The summed E-state index contributed by atoms with van der Waals surface area (Å²) in [6, 6.07) is 0. The highest BCUT2D eigenvalue weighted by molar-refractivity contribution is 5.10. The first-order valence-corrected chi connectivity index (χ1v) is 4.63. The molecule has 2 heterocycles. The van der Waals surface area contributed by atoms with Gasteiger partial charge in [-0.3, -0.25) is 0 Å². The van der Waals surface area contributed by atoms with Gasteiger partial charge in [0.05, 0.1) is 0 Å². The van der Waals surface area contributed by atoms with Gasteiger partial charge in [-0.15, -0.1) is 0 Å². The van der Waals surface area contributed by atoms with Crippen LogP contribution < -0.4 is 11.1 Å². The summed E-state index contributed by atoms with van der Waals surface area (Å²) in [6.07, 6.45) is 3.31. The monoisotopic (exact) mass is 182 g/mol. The summed E-state index contributed by atoms with van der Waals surface area (Å²) < 4.78 is 4.95. The van der Waals surface area contributed by atoms with Gasteiger partial charge < -0.3 is 15.6 Å². The molecule has 1 aromatic rings. The molecule has 0 amide bonds. The van der Waals surface area contributed by atoms with Crippen molar-refractivity contribution in [2.45, 2.75) is 19.3 Å². The second-order valence-corrected chi connectivity index (χ2v) is 3.46. The Bertz CT molecular complexity index is 267. The lowest BCUT2D eigenvalue weighted by Crippen LogP contribution is -2.30. The van der Waals surface area contributed by atoms with Crippen molar-refractivity contribution in [1.82, 2.24) is 15.5 Å². The summed E-state index contributed by atoms with van der Waals surface area (Å²) in [5.41, 5.74) is 5.35. The number of piperidine rings is 1. The maximum absolute atomic E-state index is 5.35. The summed E-state index contributed by atoms with van der Waals surface area (Å²) in [5.74, 6) is 1.51. The summed E-state index contributed by atoms with van der Waals surface area (Å²) in [5, 5.41) is 6.89. The Hall–Kier alpha value is -1.10. The number of nitrogen functional groups attached to an aromatic ring is 1. The fourth-order valence-electron chi connectivity index (χ4n) is 1.70. The summed E-state index contributed by atoms with van der Waals surface area (Å²) >= 11 is 0. The Kier molecular flexibility index (Phi) is 2.44. The lowest BCUT2D eigenvalue weighted by atomic mass is 9.96. The molecule has 0 aliphatic carbocycles. The van der Waals surface area contributed by atoms with Crippen LogP contribution in [0.1, 0.15) is 18.7 Å². The van der Waals surface area contributed by atoms with Gasteiger partial charge in [0.25, 0.3) is 5.95 Å². The minimum absolute atomic E-state index is 0.235. The number of hydrogen-bond donors (Lipinski definition) is 2. The van der Waals surface area contributed by atoms with E-state index in [-0.39, 0.29) is 5.95 Å². The Morgan fingerprint density at radius 3 is 3.15 bits per heavy atom. The number of rotatable bonds is 2. The second-order valence-electron chi connectivity index (χ2n) is 3.46. The third-order valence-electron chi connectivity index (χ3n) is 2.35. The first kappa shape index (κ1) is 8.50. The van der Waals surface area contributed by atoms with E-state index in [0.717, 1.165) is 19.5 Å². The van der Waals surface area contributed by atoms with Crippen LogP contribution >= 0.6 is 0 Å².